The molecule has 0 N–H and O–H groups in total. The third-order valence-corrected chi connectivity index (χ3v) is 6.01. The topological polar surface area (TPSA) is 66.2 Å². The third kappa shape index (κ3) is 2.99. The summed E-state index contributed by atoms with van der Waals surface area (Å²) in [7, 11) is 6.11. The van der Waals surface area contributed by atoms with E-state index in [1.54, 1.807) is 12.7 Å². The van der Waals surface area contributed by atoms with E-state index in [0.29, 0.717) is 0 Å². The van der Waals surface area contributed by atoms with Crippen molar-refractivity contribution in [2.24, 2.45) is 7.05 Å². The molecule has 1 aliphatic rings. The van der Waals surface area contributed by atoms with Gasteiger partial charge in [-0.1, -0.05) is 0 Å². The van der Waals surface area contributed by atoms with Crippen LogP contribution in [0.2, 0.25) is 0 Å². The van der Waals surface area contributed by atoms with Crippen LogP contribution in [0.15, 0.2) is 36.9 Å². The molecule has 5 rings (SSSR count). The maximum absolute atomic E-state index is 4.63. The number of aryl methyl sites for hydroxylation is 2. The van der Waals surface area contributed by atoms with E-state index < -0.39 is 0 Å². The molecule has 1 aliphatic heterocycles. The Kier molecular flexibility index (Phi) is 4.42. The van der Waals surface area contributed by atoms with Crippen LogP contribution in [0.4, 0.5) is 17.3 Å². The van der Waals surface area contributed by atoms with E-state index in [0.717, 1.165) is 59.8 Å². The van der Waals surface area contributed by atoms with Crippen molar-refractivity contribution in [3.05, 3.63) is 42.6 Å². The molecule has 0 saturated carbocycles. The molecule has 0 radical (unpaired) electrons. The highest BCUT2D eigenvalue weighted by Gasteiger charge is 2.22. The van der Waals surface area contributed by atoms with Gasteiger partial charge in [0.1, 0.15) is 24.0 Å². The number of hydrogen-bond donors (Lipinski definition) is 0. The highest BCUT2D eigenvalue weighted by molar-refractivity contribution is 5.92. The molecule has 1 saturated heterocycles. The summed E-state index contributed by atoms with van der Waals surface area (Å²) >= 11 is 0. The van der Waals surface area contributed by atoms with Crippen molar-refractivity contribution in [2.75, 3.05) is 55.0 Å². The lowest BCUT2D eigenvalue weighted by molar-refractivity contribution is 0.647. The molecule has 0 atom stereocenters. The fourth-order valence-electron chi connectivity index (χ4n) is 4.27. The van der Waals surface area contributed by atoms with Crippen molar-refractivity contribution >= 4 is 39.3 Å². The molecule has 4 aromatic rings. The summed E-state index contributed by atoms with van der Waals surface area (Å²) in [6, 6.07) is 8.58. The van der Waals surface area contributed by atoms with E-state index in [9.17, 15) is 0 Å². The minimum absolute atomic E-state index is 0.917. The number of aromatic nitrogens is 5. The zero-order valence-electron chi connectivity index (χ0n) is 17.9. The smallest absolute Gasteiger partial charge is 0.156 e. The molecule has 1 fully saturated rings. The van der Waals surface area contributed by atoms with Crippen molar-refractivity contribution in [2.45, 2.75) is 6.92 Å². The molecule has 1 aromatic carbocycles. The van der Waals surface area contributed by atoms with Crippen LogP contribution in [-0.4, -0.2) is 64.8 Å². The first kappa shape index (κ1) is 18.6. The zero-order chi connectivity index (χ0) is 20.8. The number of anilines is 3. The van der Waals surface area contributed by atoms with Crippen LogP contribution in [-0.2, 0) is 7.05 Å². The van der Waals surface area contributed by atoms with Crippen LogP contribution in [0, 0.1) is 6.92 Å². The predicted octanol–water partition coefficient (Wildman–Crippen LogP) is 2.61. The first-order valence-corrected chi connectivity index (χ1v) is 10.2. The summed E-state index contributed by atoms with van der Waals surface area (Å²) in [4.78, 5) is 24.8. The molecular weight excluding hydrogens is 376 g/mol. The van der Waals surface area contributed by atoms with Gasteiger partial charge in [-0.2, -0.15) is 0 Å². The van der Waals surface area contributed by atoms with Crippen molar-refractivity contribution in [3.8, 4) is 0 Å². The van der Waals surface area contributed by atoms with Gasteiger partial charge in [0.2, 0.25) is 0 Å². The molecule has 8 nitrogen and oxygen atoms in total. The van der Waals surface area contributed by atoms with Gasteiger partial charge >= 0.3 is 0 Å². The Morgan fingerprint density at radius 3 is 2.30 bits per heavy atom. The van der Waals surface area contributed by atoms with E-state index in [1.165, 1.54) is 11.4 Å². The van der Waals surface area contributed by atoms with Crippen LogP contribution in [0.3, 0.4) is 0 Å². The average molecular weight is 403 g/mol. The molecule has 4 heterocycles. The minimum Gasteiger partial charge on any atom is -0.368 e. The second-order valence-electron chi connectivity index (χ2n) is 8.04. The summed E-state index contributed by atoms with van der Waals surface area (Å²) in [5, 5.41) is 1.08. The van der Waals surface area contributed by atoms with Gasteiger partial charge < -0.3 is 19.3 Å². The predicted molar refractivity (Wildman–Crippen MR) is 122 cm³/mol. The van der Waals surface area contributed by atoms with Crippen molar-refractivity contribution in [1.29, 1.82) is 0 Å². The first-order chi connectivity index (χ1) is 14.5. The van der Waals surface area contributed by atoms with Crippen molar-refractivity contribution < 1.29 is 0 Å². The molecule has 0 amide bonds. The van der Waals surface area contributed by atoms with Gasteiger partial charge in [0.15, 0.2) is 5.82 Å². The van der Waals surface area contributed by atoms with E-state index in [-0.39, 0.29) is 0 Å². The van der Waals surface area contributed by atoms with Gasteiger partial charge in [-0.15, -0.1) is 0 Å². The summed E-state index contributed by atoms with van der Waals surface area (Å²) in [5.41, 5.74) is 5.50. The first-order valence-electron chi connectivity index (χ1n) is 10.2. The summed E-state index contributed by atoms with van der Waals surface area (Å²) in [5.74, 6) is 1.97. The quantitative estimate of drug-likeness (QED) is 0.522. The van der Waals surface area contributed by atoms with Gasteiger partial charge in [-0.05, 0) is 31.2 Å². The number of piperazine rings is 1. The molecule has 8 heteroatoms. The molecule has 0 unspecified atom stereocenters. The normalized spacial score (nSPS) is 14.7. The molecule has 30 heavy (non-hydrogen) atoms. The Morgan fingerprint density at radius 1 is 0.833 bits per heavy atom. The third-order valence-electron chi connectivity index (χ3n) is 6.01. The second kappa shape index (κ2) is 7.12. The van der Waals surface area contributed by atoms with E-state index in [4.69, 9.17) is 0 Å². The van der Waals surface area contributed by atoms with Gasteiger partial charge in [-0.3, -0.25) is 0 Å². The fraction of sp³-hybridized carbons (Fsp3) is 0.364. The highest BCUT2D eigenvalue weighted by Crippen LogP contribution is 2.29. The number of fused-ring (bicyclic) bond motifs is 2. The Balaban J connectivity index is 1.41. The fourth-order valence-corrected chi connectivity index (χ4v) is 4.27. The van der Waals surface area contributed by atoms with Gasteiger partial charge in [0, 0.05) is 64.1 Å². The lowest BCUT2D eigenvalue weighted by Crippen LogP contribution is -2.47. The average Bonchev–Trinajstić information content (AvgIpc) is 3.06. The van der Waals surface area contributed by atoms with Crippen LogP contribution >= 0.6 is 0 Å². The Bertz CT molecular complexity index is 1220. The van der Waals surface area contributed by atoms with Crippen molar-refractivity contribution in [3.63, 3.8) is 0 Å². The number of nitrogens with zero attached hydrogens (tertiary/aromatic N) is 8. The van der Waals surface area contributed by atoms with Gasteiger partial charge in [-0.25, -0.2) is 19.9 Å². The van der Waals surface area contributed by atoms with Crippen molar-refractivity contribution in [1.82, 2.24) is 24.5 Å². The van der Waals surface area contributed by atoms with E-state index >= 15 is 0 Å². The Hall–Kier alpha value is -3.42. The lowest BCUT2D eigenvalue weighted by Gasteiger charge is -2.37. The van der Waals surface area contributed by atoms with Crippen LogP contribution in [0.25, 0.3) is 21.9 Å². The number of rotatable bonds is 3. The maximum atomic E-state index is 4.63. The number of benzene rings is 1. The molecule has 0 bridgehead atoms. The molecule has 0 spiro atoms. The monoisotopic (exact) mass is 402 g/mol. The van der Waals surface area contributed by atoms with E-state index in [2.05, 4.69) is 72.5 Å². The number of hydrogen-bond acceptors (Lipinski definition) is 7. The van der Waals surface area contributed by atoms with Gasteiger partial charge in [0.05, 0.1) is 11.0 Å². The van der Waals surface area contributed by atoms with Crippen LogP contribution in [0.1, 0.15) is 5.69 Å². The van der Waals surface area contributed by atoms with E-state index in [1.807, 2.05) is 19.0 Å². The Labute approximate surface area is 175 Å². The van der Waals surface area contributed by atoms with Crippen LogP contribution in [0.5, 0.6) is 0 Å². The van der Waals surface area contributed by atoms with Crippen LogP contribution < -0.4 is 14.7 Å². The second-order valence-corrected chi connectivity index (χ2v) is 8.04. The maximum Gasteiger partial charge on any atom is 0.156 e. The summed E-state index contributed by atoms with van der Waals surface area (Å²) in [6.45, 7) is 5.81. The molecule has 154 valence electrons. The SMILES string of the molecule is Cc1cc2ncnc(N3CCN(c4ccc5ncnc(N(C)C)c5c4)CC3)c2n1C. The largest absolute Gasteiger partial charge is 0.368 e. The molecule has 0 aliphatic carbocycles. The molecular formula is C22H26N8. The summed E-state index contributed by atoms with van der Waals surface area (Å²) in [6.07, 6.45) is 3.31. The highest BCUT2D eigenvalue weighted by atomic mass is 15.3. The lowest BCUT2D eigenvalue weighted by atomic mass is 10.1. The minimum atomic E-state index is 0.917. The zero-order valence-corrected chi connectivity index (χ0v) is 17.9. The Morgan fingerprint density at radius 2 is 1.53 bits per heavy atom. The standard InChI is InChI=1S/C22H26N8/c1-15-11-19-20(28(15)4)22(26-14-24-19)30-9-7-29(8-10-30)16-5-6-18-17(12-16)21(27(2)3)25-13-23-18/h5-6,11-14H,7-10H2,1-4H3. The molecule has 3 aromatic heterocycles. The summed E-state index contributed by atoms with van der Waals surface area (Å²) < 4.78 is 2.18. The van der Waals surface area contributed by atoms with Gasteiger partial charge in [0.25, 0.3) is 0 Å².